The second-order valence-electron chi connectivity index (χ2n) is 5.36. The summed E-state index contributed by atoms with van der Waals surface area (Å²) in [5.74, 6) is 0.435. The van der Waals surface area contributed by atoms with Crippen molar-refractivity contribution in [1.29, 1.82) is 5.26 Å². The van der Waals surface area contributed by atoms with Crippen molar-refractivity contribution in [2.24, 2.45) is 12.8 Å². The summed E-state index contributed by atoms with van der Waals surface area (Å²) in [6, 6.07) is 8.92. The van der Waals surface area contributed by atoms with E-state index in [9.17, 15) is 5.26 Å². The number of hydrogen-bond acceptors (Lipinski definition) is 5. The molecule has 0 saturated carbocycles. The Morgan fingerprint density at radius 1 is 1.38 bits per heavy atom. The number of aryl methyl sites for hydroxylation is 1. The van der Waals surface area contributed by atoms with Gasteiger partial charge in [-0.05, 0) is 24.7 Å². The molecule has 0 bridgehead atoms. The lowest BCUT2D eigenvalue weighted by Gasteiger charge is -2.20. The van der Waals surface area contributed by atoms with Crippen molar-refractivity contribution < 1.29 is 4.74 Å². The molecule has 1 unspecified atom stereocenters. The number of nitrogens with zero attached hydrogens (tertiary/aromatic N) is 4. The van der Waals surface area contributed by atoms with Crippen molar-refractivity contribution in [2.45, 2.75) is 12.5 Å². The van der Waals surface area contributed by atoms with Gasteiger partial charge in [0.05, 0.1) is 11.9 Å². The highest BCUT2D eigenvalue weighted by Gasteiger charge is 2.20. The molecule has 0 amide bonds. The largest absolute Gasteiger partial charge is 0.484 e. The van der Waals surface area contributed by atoms with Crippen molar-refractivity contribution in [3.63, 3.8) is 0 Å². The quantitative estimate of drug-likeness (QED) is 0.770. The van der Waals surface area contributed by atoms with E-state index in [1.165, 1.54) is 0 Å². The van der Waals surface area contributed by atoms with E-state index < -0.39 is 0 Å². The average molecular weight is 342 g/mol. The van der Waals surface area contributed by atoms with E-state index in [-0.39, 0.29) is 6.10 Å². The Labute approximate surface area is 144 Å². The second kappa shape index (κ2) is 6.87. The first-order chi connectivity index (χ1) is 11.6. The van der Waals surface area contributed by atoms with Crippen LogP contribution in [0, 0.1) is 11.3 Å². The van der Waals surface area contributed by atoms with E-state index in [2.05, 4.69) is 16.0 Å². The summed E-state index contributed by atoms with van der Waals surface area (Å²) in [4.78, 5) is 8.75. The lowest BCUT2D eigenvalue weighted by atomic mass is 10.1. The number of aromatic nitrogens is 3. The number of halogens is 1. The maximum Gasteiger partial charge on any atom is 0.159 e. The van der Waals surface area contributed by atoms with Crippen LogP contribution < -0.4 is 10.5 Å². The van der Waals surface area contributed by atoms with Crippen molar-refractivity contribution in [3.8, 4) is 11.8 Å². The van der Waals surface area contributed by atoms with Crippen molar-refractivity contribution in [2.75, 3.05) is 6.54 Å². The topological polar surface area (TPSA) is 89.8 Å². The standard InChI is InChI=1S/C17H16ClN5O/c1-23-10-22-16-13(5-7-21-17(16)23)14(4-6-19)24-15-8-12(18)3-2-11(15)9-20/h2-3,5,7-8,10,14H,4,6,19H2,1H3. The van der Waals surface area contributed by atoms with Gasteiger partial charge in [-0.25, -0.2) is 9.97 Å². The van der Waals surface area contributed by atoms with Gasteiger partial charge in [0.2, 0.25) is 0 Å². The third-order valence-electron chi connectivity index (χ3n) is 3.74. The Balaban J connectivity index is 2.04. The molecule has 0 aliphatic rings. The van der Waals surface area contributed by atoms with Gasteiger partial charge in [0, 0.05) is 36.3 Å². The molecule has 0 aliphatic heterocycles. The molecule has 0 radical (unpaired) electrons. The van der Waals surface area contributed by atoms with Gasteiger partial charge in [-0.15, -0.1) is 0 Å². The monoisotopic (exact) mass is 341 g/mol. The Kier molecular flexibility index (Phi) is 4.65. The summed E-state index contributed by atoms with van der Waals surface area (Å²) in [5, 5.41) is 9.78. The summed E-state index contributed by atoms with van der Waals surface area (Å²) < 4.78 is 7.94. The first kappa shape index (κ1) is 16.2. The number of rotatable bonds is 5. The molecule has 0 aliphatic carbocycles. The first-order valence-corrected chi connectivity index (χ1v) is 7.84. The summed E-state index contributed by atoms with van der Waals surface area (Å²) in [5.41, 5.74) is 8.60. The Hall–Kier alpha value is -2.62. The minimum atomic E-state index is -0.346. The predicted octanol–water partition coefficient (Wildman–Crippen LogP) is 2.96. The van der Waals surface area contributed by atoms with Crippen LogP contribution >= 0.6 is 11.6 Å². The summed E-state index contributed by atoms with van der Waals surface area (Å²) in [7, 11) is 1.88. The highest BCUT2D eigenvalue weighted by atomic mass is 35.5. The molecule has 122 valence electrons. The minimum Gasteiger partial charge on any atom is -0.484 e. The molecule has 3 rings (SSSR count). The summed E-state index contributed by atoms with van der Waals surface area (Å²) >= 11 is 6.04. The Bertz CT molecular complexity index is 915. The van der Waals surface area contributed by atoms with Crippen LogP contribution in [0.2, 0.25) is 5.02 Å². The molecule has 2 N–H and O–H groups in total. The lowest BCUT2D eigenvalue weighted by Crippen LogP contribution is -2.14. The molecule has 2 aromatic heterocycles. The minimum absolute atomic E-state index is 0.346. The number of imidazole rings is 1. The molecule has 6 nitrogen and oxygen atoms in total. The van der Waals surface area contributed by atoms with Crippen LogP contribution in [0.15, 0.2) is 36.8 Å². The second-order valence-corrected chi connectivity index (χ2v) is 5.80. The van der Waals surface area contributed by atoms with Crippen LogP contribution in [0.4, 0.5) is 0 Å². The van der Waals surface area contributed by atoms with E-state index >= 15 is 0 Å². The molecular formula is C17H16ClN5O. The maximum atomic E-state index is 9.27. The normalized spacial score (nSPS) is 12.1. The lowest BCUT2D eigenvalue weighted by molar-refractivity contribution is 0.198. The highest BCUT2D eigenvalue weighted by Crippen LogP contribution is 2.31. The number of pyridine rings is 1. The van der Waals surface area contributed by atoms with Gasteiger partial charge in [0.1, 0.15) is 23.4 Å². The zero-order valence-corrected chi connectivity index (χ0v) is 13.9. The molecule has 0 saturated heterocycles. The number of hydrogen-bond donors (Lipinski definition) is 1. The summed E-state index contributed by atoms with van der Waals surface area (Å²) in [6.07, 6.45) is 3.66. The van der Waals surface area contributed by atoms with Crippen LogP contribution in [0.1, 0.15) is 23.7 Å². The van der Waals surface area contributed by atoms with Gasteiger partial charge >= 0.3 is 0 Å². The van der Waals surface area contributed by atoms with Gasteiger partial charge in [0.15, 0.2) is 5.65 Å². The smallest absolute Gasteiger partial charge is 0.159 e. The van der Waals surface area contributed by atoms with Crippen molar-refractivity contribution >= 4 is 22.8 Å². The molecule has 1 aromatic carbocycles. The molecule has 0 spiro atoms. The molecular weight excluding hydrogens is 326 g/mol. The molecule has 0 fully saturated rings. The zero-order valence-electron chi connectivity index (χ0n) is 13.1. The fraction of sp³-hybridized carbons (Fsp3) is 0.235. The van der Waals surface area contributed by atoms with Gasteiger partial charge in [0.25, 0.3) is 0 Å². The molecule has 3 aromatic rings. The predicted molar refractivity (Wildman–Crippen MR) is 91.7 cm³/mol. The van der Waals surface area contributed by atoms with E-state index in [4.69, 9.17) is 22.1 Å². The Morgan fingerprint density at radius 3 is 2.96 bits per heavy atom. The van der Waals surface area contributed by atoms with Gasteiger partial charge in [-0.1, -0.05) is 11.6 Å². The fourth-order valence-corrected chi connectivity index (χ4v) is 2.74. The van der Waals surface area contributed by atoms with Crippen LogP contribution in [0.5, 0.6) is 5.75 Å². The van der Waals surface area contributed by atoms with Crippen molar-refractivity contribution in [1.82, 2.24) is 14.5 Å². The van der Waals surface area contributed by atoms with E-state index in [0.717, 1.165) is 16.7 Å². The van der Waals surface area contributed by atoms with E-state index in [1.807, 2.05) is 17.7 Å². The number of nitriles is 1. The van der Waals surface area contributed by atoms with Gasteiger partial charge in [-0.3, -0.25) is 0 Å². The number of nitrogens with two attached hydrogens (primary N) is 1. The molecule has 24 heavy (non-hydrogen) atoms. The zero-order chi connectivity index (χ0) is 17.1. The fourth-order valence-electron chi connectivity index (χ4n) is 2.58. The maximum absolute atomic E-state index is 9.27. The molecule has 2 heterocycles. The first-order valence-electron chi connectivity index (χ1n) is 7.46. The third kappa shape index (κ3) is 3.04. The number of fused-ring (bicyclic) bond motifs is 1. The van der Waals surface area contributed by atoms with Crippen LogP contribution in [0.25, 0.3) is 11.2 Å². The third-order valence-corrected chi connectivity index (χ3v) is 3.97. The van der Waals surface area contributed by atoms with Crippen LogP contribution in [0.3, 0.4) is 0 Å². The number of benzene rings is 1. The number of ether oxygens (including phenoxy) is 1. The average Bonchev–Trinajstić information content (AvgIpc) is 2.96. The van der Waals surface area contributed by atoms with Gasteiger partial charge in [-0.2, -0.15) is 5.26 Å². The molecule has 7 heteroatoms. The van der Waals surface area contributed by atoms with E-state index in [0.29, 0.717) is 29.3 Å². The van der Waals surface area contributed by atoms with Gasteiger partial charge < -0.3 is 15.0 Å². The van der Waals surface area contributed by atoms with Crippen LogP contribution in [-0.2, 0) is 7.05 Å². The van der Waals surface area contributed by atoms with E-state index in [1.54, 1.807) is 30.7 Å². The van der Waals surface area contributed by atoms with Crippen molar-refractivity contribution in [3.05, 3.63) is 52.9 Å². The summed E-state index contributed by atoms with van der Waals surface area (Å²) in [6.45, 7) is 0.434. The SMILES string of the molecule is Cn1cnc2c(C(CCN)Oc3cc(Cl)ccc3C#N)ccnc21. The highest BCUT2D eigenvalue weighted by molar-refractivity contribution is 6.30. The van der Waals surface area contributed by atoms with Crippen LogP contribution in [-0.4, -0.2) is 21.1 Å². The molecule has 1 atom stereocenters. The Morgan fingerprint density at radius 2 is 2.21 bits per heavy atom.